The summed E-state index contributed by atoms with van der Waals surface area (Å²) in [5.41, 5.74) is 4.16. The van der Waals surface area contributed by atoms with E-state index in [-0.39, 0.29) is 12.6 Å². The average Bonchev–Trinajstić information content (AvgIpc) is 2.97. The quantitative estimate of drug-likeness (QED) is 0.531. The van der Waals surface area contributed by atoms with Crippen LogP contribution in [0.25, 0.3) is 0 Å². The molecule has 1 aliphatic rings. The van der Waals surface area contributed by atoms with Crippen molar-refractivity contribution in [3.63, 3.8) is 0 Å². The molecule has 106 valence electrons. The lowest BCUT2D eigenvalue weighted by Gasteiger charge is -2.08. The number of rotatable bonds is 4. The van der Waals surface area contributed by atoms with Gasteiger partial charge in [0.05, 0.1) is 5.71 Å². The lowest BCUT2D eigenvalue weighted by atomic mass is 10.0. The summed E-state index contributed by atoms with van der Waals surface area (Å²) in [5, 5.41) is 4.02. The maximum atomic E-state index is 13.0. The summed E-state index contributed by atoms with van der Waals surface area (Å²) in [4.78, 5) is 10.5. The summed E-state index contributed by atoms with van der Waals surface area (Å²) >= 11 is 0. The topological polar surface area (TPSA) is 59.9 Å². The second kappa shape index (κ2) is 5.62. The molecular formula is C15H11FN2O3. The SMILES string of the molecule is O=CN/N=C(\c1ccc(F)cc1)c1ccc2c(c1)OCO2. The number of fused-ring (bicyclic) bond motifs is 1. The largest absolute Gasteiger partial charge is 0.454 e. The summed E-state index contributed by atoms with van der Waals surface area (Å²) in [6.45, 7) is 0.175. The molecule has 2 aromatic carbocycles. The van der Waals surface area contributed by atoms with Gasteiger partial charge in [0.15, 0.2) is 11.5 Å². The highest BCUT2D eigenvalue weighted by molar-refractivity contribution is 6.13. The number of nitrogens with zero attached hydrogens (tertiary/aromatic N) is 1. The van der Waals surface area contributed by atoms with E-state index >= 15 is 0 Å². The molecule has 0 spiro atoms. The second-order valence-electron chi connectivity index (χ2n) is 4.28. The number of hydrogen-bond donors (Lipinski definition) is 1. The van der Waals surface area contributed by atoms with Crippen LogP contribution in [-0.2, 0) is 4.79 Å². The van der Waals surface area contributed by atoms with Crippen molar-refractivity contribution in [3.8, 4) is 11.5 Å². The van der Waals surface area contributed by atoms with Gasteiger partial charge in [-0.15, -0.1) is 0 Å². The van der Waals surface area contributed by atoms with E-state index in [1.54, 1.807) is 30.3 Å². The normalized spacial score (nSPS) is 13.1. The molecule has 1 aliphatic heterocycles. The fourth-order valence-corrected chi connectivity index (χ4v) is 2.04. The molecular weight excluding hydrogens is 275 g/mol. The lowest BCUT2D eigenvalue weighted by Crippen LogP contribution is -2.11. The van der Waals surface area contributed by atoms with Crippen molar-refractivity contribution >= 4 is 12.1 Å². The highest BCUT2D eigenvalue weighted by atomic mass is 19.1. The maximum absolute atomic E-state index is 13.0. The van der Waals surface area contributed by atoms with E-state index in [2.05, 4.69) is 10.5 Å². The number of benzene rings is 2. The van der Waals surface area contributed by atoms with Crippen LogP contribution in [0.2, 0.25) is 0 Å². The van der Waals surface area contributed by atoms with E-state index in [9.17, 15) is 9.18 Å². The van der Waals surface area contributed by atoms with Gasteiger partial charge in [-0.25, -0.2) is 9.82 Å². The number of hydrogen-bond acceptors (Lipinski definition) is 4. The van der Waals surface area contributed by atoms with Crippen molar-refractivity contribution in [2.24, 2.45) is 5.10 Å². The van der Waals surface area contributed by atoms with Gasteiger partial charge in [0, 0.05) is 11.1 Å². The summed E-state index contributed by atoms with van der Waals surface area (Å²) in [6.07, 6.45) is 0.469. The zero-order chi connectivity index (χ0) is 14.7. The first-order valence-electron chi connectivity index (χ1n) is 6.21. The minimum absolute atomic E-state index is 0.175. The number of carbonyl (C=O) groups excluding carboxylic acids is 1. The van der Waals surface area contributed by atoms with E-state index in [0.29, 0.717) is 29.2 Å². The molecule has 1 N–H and O–H groups in total. The minimum Gasteiger partial charge on any atom is -0.454 e. The highest BCUT2D eigenvalue weighted by Crippen LogP contribution is 2.33. The Hall–Kier alpha value is -2.89. The van der Waals surface area contributed by atoms with Gasteiger partial charge in [-0.2, -0.15) is 5.10 Å². The Morgan fingerprint density at radius 2 is 1.81 bits per heavy atom. The van der Waals surface area contributed by atoms with Crippen molar-refractivity contribution in [1.82, 2.24) is 5.43 Å². The van der Waals surface area contributed by atoms with Gasteiger partial charge >= 0.3 is 0 Å². The molecule has 0 atom stereocenters. The lowest BCUT2D eigenvalue weighted by molar-refractivity contribution is -0.109. The Kier molecular flexibility index (Phi) is 3.51. The number of hydrazone groups is 1. The smallest absolute Gasteiger partial charge is 0.231 e. The van der Waals surface area contributed by atoms with Gasteiger partial charge in [0.25, 0.3) is 0 Å². The van der Waals surface area contributed by atoms with Crippen LogP contribution in [0.15, 0.2) is 47.6 Å². The fourth-order valence-electron chi connectivity index (χ4n) is 2.04. The molecule has 0 saturated heterocycles. The molecule has 2 aromatic rings. The van der Waals surface area contributed by atoms with Crippen molar-refractivity contribution in [2.75, 3.05) is 6.79 Å². The van der Waals surface area contributed by atoms with E-state index in [1.165, 1.54) is 12.1 Å². The van der Waals surface area contributed by atoms with Gasteiger partial charge in [-0.3, -0.25) is 4.79 Å². The molecule has 6 heteroatoms. The van der Waals surface area contributed by atoms with Gasteiger partial charge in [0.2, 0.25) is 13.2 Å². The van der Waals surface area contributed by atoms with Crippen LogP contribution in [0.5, 0.6) is 11.5 Å². The van der Waals surface area contributed by atoms with Gasteiger partial charge in [-0.05, 0) is 42.5 Å². The molecule has 0 aliphatic carbocycles. The summed E-state index contributed by atoms with van der Waals surface area (Å²) in [5.74, 6) is 0.918. The summed E-state index contributed by atoms with van der Waals surface area (Å²) in [6, 6.07) is 11.2. The van der Waals surface area contributed by atoms with E-state index < -0.39 is 0 Å². The molecule has 0 unspecified atom stereocenters. The zero-order valence-electron chi connectivity index (χ0n) is 10.9. The van der Waals surface area contributed by atoms with Crippen LogP contribution in [0.4, 0.5) is 4.39 Å². The standard InChI is InChI=1S/C15H11FN2O3/c16-12-4-1-10(2-5-12)15(18-17-8-19)11-3-6-13-14(7-11)21-9-20-13/h1-8H,9H2,(H,17,19)/b18-15+. The van der Waals surface area contributed by atoms with Crippen LogP contribution in [-0.4, -0.2) is 18.9 Å². The van der Waals surface area contributed by atoms with E-state index in [1.807, 2.05) is 0 Å². The molecule has 1 heterocycles. The van der Waals surface area contributed by atoms with Crippen LogP contribution in [0, 0.1) is 5.82 Å². The third-order valence-electron chi connectivity index (χ3n) is 2.99. The van der Waals surface area contributed by atoms with Crippen molar-refractivity contribution < 1.29 is 18.7 Å². The number of halogens is 1. The molecule has 3 rings (SSSR count). The van der Waals surface area contributed by atoms with Crippen LogP contribution in [0.1, 0.15) is 11.1 Å². The Balaban J connectivity index is 2.03. The van der Waals surface area contributed by atoms with Crippen molar-refractivity contribution in [2.45, 2.75) is 0 Å². The third kappa shape index (κ3) is 2.69. The second-order valence-corrected chi connectivity index (χ2v) is 4.28. The molecule has 0 aromatic heterocycles. The molecule has 0 bridgehead atoms. The fraction of sp³-hybridized carbons (Fsp3) is 0.0667. The number of nitrogens with one attached hydrogen (secondary N) is 1. The van der Waals surface area contributed by atoms with Gasteiger partial charge in [0.1, 0.15) is 5.82 Å². The van der Waals surface area contributed by atoms with Crippen molar-refractivity contribution in [3.05, 3.63) is 59.4 Å². The molecule has 21 heavy (non-hydrogen) atoms. The predicted molar refractivity (Wildman–Crippen MR) is 73.8 cm³/mol. The number of ether oxygens (including phenoxy) is 2. The van der Waals surface area contributed by atoms with Crippen molar-refractivity contribution in [1.29, 1.82) is 0 Å². The van der Waals surface area contributed by atoms with E-state index in [0.717, 1.165) is 5.56 Å². The molecule has 5 nitrogen and oxygen atoms in total. The predicted octanol–water partition coefficient (Wildman–Crippen LogP) is 2.05. The third-order valence-corrected chi connectivity index (χ3v) is 2.99. The number of amides is 1. The Bertz CT molecular complexity index is 699. The van der Waals surface area contributed by atoms with Crippen LogP contribution in [0.3, 0.4) is 0 Å². The minimum atomic E-state index is -0.341. The monoisotopic (exact) mass is 286 g/mol. The van der Waals surface area contributed by atoms with Crippen LogP contribution < -0.4 is 14.9 Å². The molecule has 0 saturated carbocycles. The van der Waals surface area contributed by atoms with E-state index in [4.69, 9.17) is 9.47 Å². The first kappa shape index (κ1) is 13.1. The maximum Gasteiger partial charge on any atom is 0.231 e. The first-order chi connectivity index (χ1) is 10.3. The zero-order valence-corrected chi connectivity index (χ0v) is 10.9. The Morgan fingerprint density at radius 1 is 1.10 bits per heavy atom. The number of carbonyl (C=O) groups is 1. The molecule has 0 radical (unpaired) electrons. The van der Waals surface area contributed by atoms with Crippen LogP contribution >= 0.6 is 0 Å². The Morgan fingerprint density at radius 3 is 2.57 bits per heavy atom. The first-order valence-corrected chi connectivity index (χ1v) is 6.21. The summed E-state index contributed by atoms with van der Waals surface area (Å²) in [7, 11) is 0. The average molecular weight is 286 g/mol. The van der Waals surface area contributed by atoms with Gasteiger partial charge < -0.3 is 9.47 Å². The van der Waals surface area contributed by atoms with Gasteiger partial charge in [-0.1, -0.05) is 0 Å². The summed E-state index contributed by atoms with van der Waals surface area (Å²) < 4.78 is 23.6. The Labute approximate surface area is 120 Å². The molecule has 0 fully saturated rings. The molecule has 1 amide bonds. The highest BCUT2D eigenvalue weighted by Gasteiger charge is 2.16.